The molecular weight excluding hydrogens is 492 g/mol. The Morgan fingerprint density at radius 1 is 0.971 bits per heavy atom. The van der Waals surface area contributed by atoms with Gasteiger partial charge in [0, 0.05) is 12.0 Å². The van der Waals surface area contributed by atoms with Crippen molar-refractivity contribution in [1.29, 1.82) is 0 Å². The standard InChI is InChI=1S/C28H31BrN2O3/c1-28(2,3)23-15-16-26(24(29)18-23)33-17-9-14-27(32)31-30-19-22-12-7-8-13-25(22)34-20-21-10-5-4-6-11-21/h4-8,10-13,15-16,18-19H,9,14,17,20H2,1-3H3,(H,31,32)/b30-19+. The van der Waals surface area contributed by atoms with Crippen LogP contribution in [-0.2, 0) is 16.8 Å². The Bertz CT molecular complexity index is 1110. The predicted molar refractivity (Wildman–Crippen MR) is 141 cm³/mol. The lowest BCUT2D eigenvalue weighted by Gasteiger charge is -2.20. The molecule has 0 aromatic heterocycles. The minimum Gasteiger partial charge on any atom is -0.492 e. The van der Waals surface area contributed by atoms with Crippen molar-refractivity contribution in [2.24, 2.45) is 5.10 Å². The molecule has 0 fully saturated rings. The lowest BCUT2D eigenvalue weighted by atomic mass is 9.87. The van der Waals surface area contributed by atoms with Gasteiger partial charge in [0.1, 0.15) is 18.1 Å². The van der Waals surface area contributed by atoms with Crippen LogP contribution in [0.3, 0.4) is 0 Å². The van der Waals surface area contributed by atoms with E-state index in [2.05, 4.69) is 59.4 Å². The van der Waals surface area contributed by atoms with Crippen LogP contribution >= 0.6 is 15.9 Å². The Morgan fingerprint density at radius 3 is 2.44 bits per heavy atom. The summed E-state index contributed by atoms with van der Waals surface area (Å²) < 4.78 is 12.7. The highest BCUT2D eigenvalue weighted by molar-refractivity contribution is 9.10. The van der Waals surface area contributed by atoms with Crippen LogP contribution in [0.25, 0.3) is 0 Å². The summed E-state index contributed by atoms with van der Waals surface area (Å²) in [5.41, 5.74) is 5.77. The molecule has 0 saturated carbocycles. The van der Waals surface area contributed by atoms with Crippen molar-refractivity contribution in [3.8, 4) is 11.5 Å². The van der Waals surface area contributed by atoms with E-state index >= 15 is 0 Å². The molecule has 0 heterocycles. The number of hydrogen-bond donors (Lipinski definition) is 1. The van der Waals surface area contributed by atoms with Gasteiger partial charge in [-0.25, -0.2) is 5.43 Å². The van der Waals surface area contributed by atoms with Crippen molar-refractivity contribution in [1.82, 2.24) is 5.43 Å². The molecule has 0 aliphatic carbocycles. The van der Waals surface area contributed by atoms with Crippen molar-refractivity contribution >= 4 is 28.1 Å². The molecule has 5 nitrogen and oxygen atoms in total. The molecule has 0 aliphatic heterocycles. The first-order chi connectivity index (χ1) is 16.3. The molecule has 0 bridgehead atoms. The summed E-state index contributed by atoms with van der Waals surface area (Å²) in [5.74, 6) is 1.32. The van der Waals surface area contributed by atoms with Gasteiger partial charge in [-0.2, -0.15) is 5.10 Å². The Balaban J connectivity index is 1.42. The molecule has 0 atom stereocenters. The molecule has 3 aromatic rings. The molecule has 3 rings (SSSR count). The van der Waals surface area contributed by atoms with Crippen molar-refractivity contribution in [3.63, 3.8) is 0 Å². The van der Waals surface area contributed by atoms with Gasteiger partial charge in [0.05, 0.1) is 17.3 Å². The van der Waals surface area contributed by atoms with Gasteiger partial charge >= 0.3 is 0 Å². The minimum atomic E-state index is -0.162. The Morgan fingerprint density at radius 2 is 1.71 bits per heavy atom. The summed E-state index contributed by atoms with van der Waals surface area (Å²) in [6, 6.07) is 23.7. The molecule has 34 heavy (non-hydrogen) atoms. The second kappa shape index (κ2) is 12.4. The normalized spacial score (nSPS) is 11.4. The third-order valence-electron chi connectivity index (χ3n) is 5.15. The van der Waals surface area contributed by atoms with Crippen molar-refractivity contribution < 1.29 is 14.3 Å². The number of nitrogens with one attached hydrogen (secondary N) is 1. The highest BCUT2D eigenvalue weighted by Crippen LogP contribution is 2.31. The van der Waals surface area contributed by atoms with Crippen LogP contribution in [0, 0.1) is 0 Å². The minimum absolute atomic E-state index is 0.0776. The van der Waals surface area contributed by atoms with Crippen LogP contribution in [-0.4, -0.2) is 18.7 Å². The van der Waals surface area contributed by atoms with E-state index in [1.54, 1.807) is 6.21 Å². The third kappa shape index (κ3) is 8.03. The van der Waals surface area contributed by atoms with Gasteiger partial charge in [0.25, 0.3) is 0 Å². The lowest BCUT2D eigenvalue weighted by molar-refractivity contribution is -0.121. The van der Waals surface area contributed by atoms with E-state index in [0.29, 0.717) is 31.8 Å². The van der Waals surface area contributed by atoms with Gasteiger partial charge < -0.3 is 9.47 Å². The number of nitrogens with zero attached hydrogens (tertiary/aromatic N) is 1. The second-order valence-electron chi connectivity index (χ2n) is 8.95. The van der Waals surface area contributed by atoms with Crippen LogP contribution in [0.15, 0.2) is 82.4 Å². The monoisotopic (exact) mass is 522 g/mol. The van der Waals surface area contributed by atoms with E-state index in [-0.39, 0.29) is 11.3 Å². The van der Waals surface area contributed by atoms with Gasteiger partial charge in [0.2, 0.25) is 5.91 Å². The van der Waals surface area contributed by atoms with Gasteiger partial charge in [0.15, 0.2) is 0 Å². The number of rotatable bonds is 10. The molecule has 0 aliphatic rings. The summed E-state index contributed by atoms with van der Waals surface area (Å²) >= 11 is 3.57. The Kier molecular flexibility index (Phi) is 9.28. The maximum atomic E-state index is 12.1. The summed E-state index contributed by atoms with van der Waals surface area (Å²) in [6.45, 7) is 7.43. The number of hydrazone groups is 1. The van der Waals surface area contributed by atoms with E-state index in [9.17, 15) is 4.79 Å². The van der Waals surface area contributed by atoms with Gasteiger partial charge in [-0.15, -0.1) is 0 Å². The molecule has 1 N–H and O–H groups in total. The van der Waals surface area contributed by atoms with Crippen LogP contribution in [0.2, 0.25) is 0 Å². The number of para-hydroxylation sites is 1. The van der Waals surface area contributed by atoms with E-state index in [1.807, 2.05) is 60.7 Å². The molecular formula is C28H31BrN2O3. The number of amides is 1. The van der Waals surface area contributed by atoms with E-state index < -0.39 is 0 Å². The van der Waals surface area contributed by atoms with E-state index in [4.69, 9.17) is 9.47 Å². The fraction of sp³-hybridized carbons (Fsp3) is 0.286. The molecule has 178 valence electrons. The van der Waals surface area contributed by atoms with Gasteiger partial charge in [-0.3, -0.25) is 4.79 Å². The first-order valence-corrected chi connectivity index (χ1v) is 12.1. The van der Waals surface area contributed by atoms with Gasteiger partial charge in [-0.1, -0.05) is 69.3 Å². The quantitative estimate of drug-likeness (QED) is 0.184. The number of carbonyl (C=O) groups is 1. The summed E-state index contributed by atoms with van der Waals surface area (Å²) in [6.07, 6.45) is 2.51. The van der Waals surface area contributed by atoms with Crippen molar-refractivity contribution in [2.45, 2.75) is 45.6 Å². The van der Waals surface area contributed by atoms with Gasteiger partial charge in [-0.05, 0) is 63.2 Å². The largest absolute Gasteiger partial charge is 0.492 e. The van der Waals surface area contributed by atoms with Crippen LogP contribution in [0.4, 0.5) is 0 Å². The SMILES string of the molecule is CC(C)(C)c1ccc(OCCCC(=O)N/N=C/c2ccccc2OCc2ccccc2)c(Br)c1. The first kappa shape index (κ1) is 25.5. The summed E-state index contributed by atoms with van der Waals surface area (Å²) in [4.78, 5) is 12.1. The van der Waals surface area contributed by atoms with Crippen LogP contribution < -0.4 is 14.9 Å². The zero-order valence-corrected chi connectivity index (χ0v) is 21.5. The Labute approximate surface area is 210 Å². The fourth-order valence-corrected chi connectivity index (χ4v) is 3.68. The molecule has 0 saturated heterocycles. The first-order valence-electron chi connectivity index (χ1n) is 11.3. The summed E-state index contributed by atoms with van der Waals surface area (Å²) in [7, 11) is 0. The van der Waals surface area contributed by atoms with E-state index in [0.717, 1.165) is 21.3 Å². The molecule has 0 radical (unpaired) electrons. The Hall–Kier alpha value is -3.12. The fourth-order valence-electron chi connectivity index (χ4n) is 3.18. The smallest absolute Gasteiger partial charge is 0.240 e. The number of ether oxygens (including phenoxy) is 2. The molecule has 0 unspecified atom stereocenters. The zero-order valence-electron chi connectivity index (χ0n) is 19.9. The zero-order chi connectivity index (χ0) is 24.4. The second-order valence-corrected chi connectivity index (χ2v) is 9.81. The third-order valence-corrected chi connectivity index (χ3v) is 5.77. The number of benzene rings is 3. The van der Waals surface area contributed by atoms with E-state index in [1.165, 1.54) is 5.56 Å². The highest BCUT2D eigenvalue weighted by atomic mass is 79.9. The average Bonchev–Trinajstić information content (AvgIpc) is 2.82. The lowest BCUT2D eigenvalue weighted by Crippen LogP contribution is -2.18. The number of hydrogen-bond acceptors (Lipinski definition) is 4. The van der Waals surface area contributed by atoms with Crippen LogP contribution in [0.5, 0.6) is 11.5 Å². The average molecular weight is 523 g/mol. The maximum Gasteiger partial charge on any atom is 0.240 e. The molecule has 3 aromatic carbocycles. The molecule has 1 amide bonds. The topological polar surface area (TPSA) is 59.9 Å². The highest BCUT2D eigenvalue weighted by Gasteiger charge is 2.15. The predicted octanol–water partition coefficient (Wildman–Crippen LogP) is 6.63. The number of halogens is 1. The van der Waals surface area contributed by atoms with Crippen molar-refractivity contribution in [2.75, 3.05) is 6.61 Å². The maximum absolute atomic E-state index is 12.1. The van der Waals surface area contributed by atoms with Crippen molar-refractivity contribution in [3.05, 3.63) is 94.0 Å². The molecule has 0 spiro atoms. The number of carbonyl (C=O) groups excluding carboxylic acids is 1. The van der Waals surface area contributed by atoms with Crippen LogP contribution in [0.1, 0.15) is 50.3 Å². The summed E-state index contributed by atoms with van der Waals surface area (Å²) in [5, 5.41) is 4.09. The molecule has 6 heteroatoms.